The number of carboxylic acid groups (broad SMARTS) is 1. The number of hydrogen-bond donors (Lipinski definition) is 1. The van der Waals surface area contributed by atoms with E-state index < -0.39 is 5.97 Å². The number of rotatable bonds is 9. The number of nitrogens with zero attached hydrogens (tertiary/aromatic N) is 1. The molecule has 0 aliphatic rings. The average molecular weight is 255 g/mol. The molecule has 18 heavy (non-hydrogen) atoms. The summed E-state index contributed by atoms with van der Waals surface area (Å²) in [5, 5.41) is 8.89. The molecular formula is C15H29NO2. The maximum atomic E-state index is 10.8. The molecule has 0 rings (SSSR count). The molecule has 1 N–H and O–H groups in total. The Morgan fingerprint density at radius 2 is 1.72 bits per heavy atom. The number of hydrogen-bond acceptors (Lipinski definition) is 2. The van der Waals surface area contributed by atoms with Crippen molar-refractivity contribution >= 4 is 5.97 Å². The highest BCUT2D eigenvalue weighted by molar-refractivity contribution is 5.86. The highest BCUT2D eigenvalue weighted by Gasteiger charge is 2.12. The van der Waals surface area contributed by atoms with Crippen molar-refractivity contribution in [3.05, 3.63) is 11.6 Å². The highest BCUT2D eigenvalue weighted by atomic mass is 16.4. The Hall–Kier alpha value is -0.830. The van der Waals surface area contributed by atoms with E-state index >= 15 is 0 Å². The smallest absolute Gasteiger partial charge is 0.331 e. The van der Waals surface area contributed by atoms with Crippen molar-refractivity contribution in [1.82, 2.24) is 4.90 Å². The predicted octanol–water partition coefficient (Wildman–Crippen LogP) is 3.70. The van der Waals surface area contributed by atoms with Crippen LogP contribution in [0.4, 0.5) is 0 Å². The molecule has 0 bridgehead atoms. The first kappa shape index (κ1) is 17.2. The fourth-order valence-electron chi connectivity index (χ4n) is 2.21. The van der Waals surface area contributed by atoms with Gasteiger partial charge in [-0.25, -0.2) is 4.79 Å². The zero-order valence-corrected chi connectivity index (χ0v) is 12.6. The SMILES string of the molecule is CCC(=CCCCCN(C(C)C)C(C)C)C(=O)O. The normalized spacial score (nSPS) is 12.8. The van der Waals surface area contributed by atoms with Crippen LogP contribution in [0.25, 0.3) is 0 Å². The molecule has 0 spiro atoms. The molecule has 3 heteroatoms. The van der Waals surface area contributed by atoms with Gasteiger partial charge in [0.2, 0.25) is 0 Å². The van der Waals surface area contributed by atoms with Gasteiger partial charge in [0.25, 0.3) is 0 Å². The van der Waals surface area contributed by atoms with Crippen molar-refractivity contribution in [2.45, 2.75) is 72.4 Å². The molecule has 0 heterocycles. The van der Waals surface area contributed by atoms with Crippen molar-refractivity contribution in [3.8, 4) is 0 Å². The van der Waals surface area contributed by atoms with Crippen LogP contribution in [0.3, 0.4) is 0 Å². The van der Waals surface area contributed by atoms with Crippen LogP contribution < -0.4 is 0 Å². The van der Waals surface area contributed by atoms with Gasteiger partial charge in [-0.15, -0.1) is 0 Å². The predicted molar refractivity (Wildman–Crippen MR) is 76.8 cm³/mol. The van der Waals surface area contributed by atoms with Crippen LogP contribution in [0.15, 0.2) is 11.6 Å². The van der Waals surface area contributed by atoms with E-state index in [0.29, 0.717) is 24.1 Å². The van der Waals surface area contributed by atoms with Crippen LogP contribution in [-0.2, 0) is 4.79 Å². The Morgan fingerprint density at radius 3 is 2.11 bits per heavy atom. The molecule has 0 unspecified atom stereocenters. The summed E-state index contributed by atoms with van der Waals surface area (Å²) >= 11 is 0. The molecule has 0 aliphatic carbocycles. The molecule has 0 aromatic heterocycles. The third-order valence-electron chi connectivity index (χ3n) is 3.24. The van der Waals surface area contributed by atoms with E-state index in [1.807, 2.05) is 13.0 Å². The third-order valence-corrected chi connectivity index (χ3v) is 3.24. The van der Waals surface area contributed by atoms with Gasteiger partial charge in [-0.1, -0.05) is 13.0 Å². The van der Waals surface area contributed by atoms with Crippen molar-refractivity contribution in [3.63, 3.8) is 0 Å². The van der Waals surface area contributed by atoms with Crippen LogP contribution in [0.1, 0.15) is 60.3 Å². The van der Waals surface area contributed by atoms with Gasteiger partial charge in [0.05, 0.1) is 0 Å². The summed E-state index contributed by atoms with van der Waals surface area (Å²) in [6.07, 6.45) is 5.55. The Labute approximate surface area is 112 Å². The van der Waals surface area contributed by atoms with Crippen LogP contribution in [-0.4, -0.2) is 34.6 Å². The van der Waals surface area contributed by atoms with Gasteiger partial charge >= 0.3 is 5.97 Å². The van der Waals surface area contributed by atoms with E-state index in [1.165, 1.54) is 0 Å². The molecule has 0 saturated carbocycles. The summed E-state index contributed by atoms with van der Waals surface area (Å²) < 4.78 is 0. The topological polar surface area (TPSA) is 40.5 Å². The minimum absolute atomic E-state index is 0.541. The van der Waals surface area contributed by atoms with E-state index in [1.54, 1.807) is 0 Å². The van der Waals surface area contributed by atoms with Crippen LogP contribution >= 0.6 is 0 Å². The van der Waals surface area contributed by atoms with E-state index in [-0.39, 0.29) is 0 Å². The quantitative estimate of drug-likeness (QED) is 0.504. The second-order valence-corrected chi connectivity index (χ2v) is 5.31. The first-order chi connectivity index (χ1) is 8.40. The van der Waals surface area contributed by atoms with E-state index in [4.69, 9.17) is 5.11 Å². The molecule has 0 aromatic carbocycles. The summed E-state index contributed by atoms with van der Waals surface area (Å²) in [6, 6.07) is 1.15. The van der Waals surface area contributed by atoms with Crippen molar-refractivity contribution in [1.29, 1.82) is 0 Å². The summed E-state index contributed by atoms with van der Waals surface area (Å²) in [5.41, 5.74) is 0.541. The van der Waals surface area contributed by atoms with Crippen LogP contribution in [0.5, 0.6) is 0 Å². The molecule has 0 aromatic rings. The molecule has 0 aliphatic heterocycles. The molecule has 0 saturated heterocycles. The number of aliphatic carboxylic acids is 1. The van der Waals surface area contributed by atoms with Gasteiger partial charge in [-0.05, 0) is 59.9 Å². The number of allylic oxidation sites excluding steroid dienone is 1. The summed E-state index contributed by atoms with van der Waals surface area (Å²) in [4.78, 5) is 13.3. The van der Waals surface area contributed by atoms with Crippen LogP contribution in [0.2, 0.25) is 0 Å². The molecule has 0 fully saturated rings. The molecular weight excluding hydrogens is 226 g/mol. The summed E-state index contributed by atoms with van der Waals surface area (Å²) in [5.74, 6) is -0.775. The van der Waals surface area contributed by atoms with Gasteiger partial charge < -0.3 is 5.11 Å². The van der Waals surface area contributed by atoms with Gasteiger partial charge in [-0.2, -0.15) is 0 Å². The first-order valence-corrected chi connectivity index (χ1v) is 7.08. The summed E-state index contributed by atoms with van der Waals surface area (Å²) in [6.45, 7) is 11.9. The number of carboxylic acids is 1. The highest BCUT2D eigenvalue weighted by Crippen LogP contribution is 2.10. The maximum Gasteiger partial charge on any atom is 0.331 e. The average Bonchev–Trinajstić information content (AvgIpc) is 2.26. The zero-order chi connectivity index (χ0) is 14.1. The standard InChI is InChI=1S/C15H29NO2/c1-6-14(15(17)18)10-8-7-9-11-16(12(2)3)13(4)5/h10,12-13H,6-9,11H2,1-5H3,(H,17,18). The molecule has 0 amide bonds. The van der Waals surface area contributed by atoms with Gasteiger partial charge in [0, 0.05) is 17.7 Å². The molecule has 106 valence electrons. The first-order valence-electron chi connectivity index (χ1n) is 7.08. The Morgan fingerprint density at radius 1 is 1.17 bits per heavy atom. The second-order valence-electron chi connectivity index (χ2n) is 5.31. The second kappa shape index (κ2) is 9.15. The lowest BCUT2D eigenvalue weighted by atomic mass is 10.1. The maximum absolute atomic E-state index is 10.8. The third kappa shape index (κ3) is 6.80. The lowest BCUT2D eigenvalue weighted by molar-refractivity contribution is -0.132. The molecule has 3 nitrogen and oxygen atoms in total. The zero-order valence-electron chi connectivity index (χ0n) is 12.6. The molecule has 0 radical (unpaired) electrons. The summed E-state index contributed by atoms with van der Waals surface area (Å²) in [7, 11) is 0. The number of carbonyl (C=O) groups is 1. The number of unbranched alkanes of at least 4 members (excludes halogenated alkanes) is 2. The van der Waals surface area contributed by atoms with Gasteiger partial charge in [0.1, 0.15) is 0 Å². The Bertz CT molecular complexity index is 262. The van der Waals surface area contributed by atoms with Gasteiger partial charge in [0.15, 0.2) is 0 Å². The lowest BCUT2D eigenvalue weighted by Crippen LogP contribution is -2.37. The Balaban J connectivity index is 3.95. The van der Waals surface area contributed by atoms with Crippen molar-refractivity contribution < 1.29 is 9.90 Å². The fraction of sp³-hybridized carbons (Fsp3) is 0.800. The van der Waals surface area contributed by atoms with E-state index in [0.717, 1.165) is 25.8 Å². The minimum atomic E-state index is -0.775. The van der Waals surface area contributed by atoms with Crippen molar-refractivity contribution in [2.75, 3.05) is 6.54 Å². The fourth-order valence-corrected chi connectivity index (χ4v) is 2.21. The van der Waals surface area contributed by atoms with E-state index in [9.17, 15) is 4.79 Å². The van der Waals surface area contributed by atoms with Crippen molar-refractivity contribution in [2.24, 2.45) is 0 Å². The lowest BCUT2D eigenvalue weighted by Gasteiger charge is -2.30. The molecule has 0 atom stereocenters. The minimum Gasteiger partial charge on any atom is -0.478 e. The monoisotopic (exact) mass is 255 g/mol. The van der Waals surface area contributed by atoms with E-state index in [2.05, 4.69) is 32.6 Å². The van der Waals surface area contributed by atoms with Crippen LogP contribution in [0, 0.1) is 0 Å². The van der Waals surface area contributed by atoms with Gasteiger partial charge in [-0.3, -0.25) is 4.90 Å². The largest absolute Gasteiger partial charge is 0.478 e. The Kier molecular flexibility index (Phi) is 8.73.